The number of nitrogens with one attached hydrogen (secondary N) is 1. The van der Waals surface area contributed by atoms with Crippen LogP contribution in [0.4, 0.5) is 5.82 Å². The zero-order valence-corrected chi connectivity index (χ0v) is 16.4. The lowest BCUT2D eigenvalue weighted by Gasteiger charge is -2.11. The molecule has 3 aromatic rings. The van der Waals surface area contributed by atoms with Crippen LogP contribution in [-0.4, -0.2) is 22.8 Å². The predicted molar refractivity (Wildman–Crippen MR) is 107 cm³/mol. The third-order valence-corrected chi connectivity index (χ3v) is 5.71. The highest BCUT2D eigenvalue weighted by atomic mass is 79.9. The number of amides is 1. The van der Waals surface area contributed by atoms with Gasteiger partial charge in [-0.3, -0.25) is 4.79 Å². The Kier molecular flexibility index (Phi) is 4.74. The van der Waals surface area contributed by atoms with Gasteiger partial charge >= 0.3 is 0 Å². The van der Waals surface area contributed by atoms with Crippen LogP contribution in [0.25, 0.3) is 5.69 Å². The summed E-state index contributed by atoms with van der Waals surface area (Å²) in [5, 5.41) is 7.77. The van der Waals surface area contributed by atoms with E-state index in [1.54, 1.807) is 35.7 Å². The Morgan fingerprint density at radius 3 is 2.58 bits per heavy atom. The molecular formula is C19H16BrN3O2S. The van der Waals surface area contributed by atoms with Crippen molar-refractivity contribution >= 4 is 39.4 Å². The molecular weight excluding hydrogens is 414 g/mol. The summed E-state index contributed by atoms with van der Waals surface area (Å²) in [7, 11) is 1.64. The van der Waals surface area contributed by atoms with Gasteiger partial charge in [0.15, 0.2) is 0 Å². The molecule has 0 spiro atoms. The topological polar surface area (TPSA) is 56.1 Å². The molecule has 0 unspecified atom stereocenters. The Morgan fingerprint density at radius 1 is 1.15 bits per heavy atom. The molecule has 2 aromatic carbocycles. The predicted octanol–water partition coefficient (Wildman–Crippen LogP) is 4.64. The monoisotopic (exact) mass is 429 g/mol. The molecule has 1 aromatic heterocycles. The molecule has 0 atom stereocenters. The lowest BCUT2D eigenvalue weighted by Crippen LogP contribution is -2.16. The fraction of sp³-hybridized carbons (Fsp3) is 0.158. The van der Waals surface area contributed by atoms with Crippen LogP contribution in [0.2, 0.25) is 0 Å². The van der Waals surface area contributed by atoms with E-state index < -0.39 is 0 Å². The number of halogens is 1. The molecule has 5 nitrogen and oxygen atoms in total. The fourth-order valence-corrected chi connectivity index (χ4v) is 4.13. The number of fused-ring (bicyclic) bond motifs is 1. The number of ether oxygens (including phenoxy) is 1. The summed E-state index contributed by atoms with van der Waals surface area (Å²) >= 11 is 5.20. The van der Waals surface area contributed by atoms with Crippen molar-refractivity contribution in [3.63, 3.8) is 0 Å². The second kappa shape index (κ2) is 7.17. The van der Waals surface area contributed by atoms with Crippen LogP contribution in [0.5, 0.6) is 5.75 Å². The highest BCUT2D eigenvalue weighted by molar-refractivity contribution is 9.10. The van der Waals surface area contributed by atoms with Crippen LogP contribution in [0.15, 0.2) is 53.0 Å². The number of carbonyl (C=O) groups excluding carboxylic acids is 1. The van der Waals surface area contributed by atoms with E-state index in [2.05, 4.69) is 21.2 Å². The minimum absolute atomic E-state index is 0.146. The molecule has 1 amide bonds. The van der Waals surface area contributed by atoms with Crippen LogP contribution >= 0.6 is 27.7 Å². The fourth-order valence-electron chi connectivity index (χ4n) is 2.83. The number of hydrogen-bond donors (Lipinski definition) is 1. The zero-order valence-electron chi connectivity index (χ0n) is 14.0. The van der Waals surface area contributed by atoms with Crippen molar-refractivity contribution in [2.24, 2.45) is 0 Å². The van der Waals surface area contributed by atoms with E-state index in [-0.39, 0.29) is 5.91 Å². The van der Waals surface area contributed by atoms with Crippen molar-refractivity contribution in [1.29, 1.82) is 0 Å². The molecule has 0 saturated carbocycles. The van der Waals surface area contributed by atoms with E-state index in [1.807, 2.05) is 36.4 Å². The van der Waals surface area contributed by atoms with Gasteiger partial charge in [0.25, 0.3) is 5.91 Å². The van der Waals surface area contributed by atoms with Gasteiger partial charge < -0.3 is 10.1 Å². The summed E-state index contributed by atoms with van der Waals surface area (Å²) < 4.78 is 7.97. The number of aromatic nitrogens is 2. The Balaban J connectivity index is 1.70. The smallest absolute Gasteiger partial charge is 0.256 e. The summed E-state index contributed by atoms with van der Waals surface area (Å²) in [5.41, 5.74) is 3.61. The summed E-state index contributed by atoms with van der Waals surface area (Å²) in [6.45, 7) is 0. The first kappa shape index (κ1) is 17.2. The van der Waals surface area contributed by atoms with Crippen LogP contribution in [0, 0.1) is 0 Å². The third-order valence-electron chi connectivity index (χ3n) is 4.21. The first-order valence-electron chi connectivity index (χ1n) is 8.05. The van der Waals surface area contributed by atoms with Crippen molar-refractivity contribution < 1.29 is 9.53 Å². The summed E-state index contributed by atoms with van der Waals surface area (Å²) in [4.78, 5) is 12.7. The molecule has 1 aliphatic rings. The van der Waals surface area contributed by atoms with Gasteiger partial charge in [-0.05, 0) is 48.5 Å². The molecule has 26 heavy (non-hydrogen) atoms. The number of anilines is 1. The second-order valence-corrected chi connectivity index (χ2v) is 7.74. The Labute approximate surface area is 163 Å². The van der Waals surface area contributed by atoms with Gasteiger partial charge in [-0.2, -0.15) is 16.9 Å². The average molecular weight is 430 g/mol. The van der Waals surface area contributed by atoms with E-state index in [4.69, 9.17) is 9.84 Å². The highest BCUT2D eigenvalue weighted by Crippen LogP contribution is 2.36. The van der Waals surface area contributed by atoms with Gasteiger partial charge in [0.2, 0.25) is 0 Å². The molecule has 0 aliphatic carbocycles. The van der Waals surface area contributed by atoms with Gasteiger partial charge in [-0.25, -0.2) is 4.68 Å². The van der Waals surface area contributed by atoms with E-state index in [1.165, 1.54) is 0 Å². The van der Waals surface area contributed by atoms with Gasteiger partial charge in [-0.15, -0.1) is 0 Å². The highest BCUT2D eigenvalue weighted by Gasteiger charge is 2.25. The normalized spacial score (nSPS) is 12.7. The number of hydrogen-bond acceptors (Lipinski definition) is 4. The van der Waals surface area contributed by atoms with Crippen molar-refractivity contribution in [2.45, 2.75) is 11.5 Å². The van der Waals surface area contributed by atoms with Crippen LogP contribution < -0.4 is 10.1 Å². The minimum Gasteiger partial charge on any atom is -0.497 e. The maximum absolute atomic E-state index is 12.7. The molecule has 0 bridgehead atoms. The molecule has 7 heteroatoms. The SMILES string of the molecule is COc1ccc(-n2nc3c(c2NC(=O)c2ccc(Br)cc2)CSC3)cc1. The van der Waals surface area contributed by atoms with Crippen LogP contribution in [0.3, 0.4) is 0 Å². The lowest BCUT2D eigenvalue weighted by atomic mass is 10.2. The molecule has 0 saturated heterocycles. The van der Waals surface area contributed by atoms with Gasteiger partial charge in [0.05, 0.1) is 18.5 Å². The number of benzene rings is 2. The maximum Gasteiger partial charge on any atom is 0.256 e. The summed E-state index contributed by atoms with van der Waals surface area (Å²) in [5.74, 6) is 3.08. The number of carbonyl (C=O) groups is 1. The number of thioether (sulfide) groups is 1. The Bertz CT molecular complexity index is 952. The maximum atomic E-state index is 12.7. The van der Waals surface area contributed by atoms with Gasteiger partial charge in [0.1, 0.15) is 11.6 Å². The Hall–Kier alpha value is -2.25. The first-order chi connectivity index (χ1) is 12.7. The largest absolute Gasteiger partial charge is 0.497 e. The average Bonchev–Trinajstić information content (AvgIpc) is 3.25. The molecule has 2 heterocycles. The quantitative estimate of drug-likeness (QED) is 0.655. The number of rotatable bonds is 4. The van der Waals surface area contributed by atoms with Gasteiger partial charge in [-0.1, -0.05) is 15.9 Å². The Morgan fingerprint density at radius 2 is 1.88 bits per heavy atom. The molecule has 0 radical (unpaired) electrons. The molecule has 132 valence electrons. The zero-order chi connectivity index (χ0) is 18.1. The number of nitrogens with zero attached hydrogens (tertiary/aromatic N) is 2. The molecule has 4 rings (SSSR count). The van der Waals surface area contributed by atoms with E-state index >= 15 is 0 Å². The number of methoxy groups -OCH3 is 1. The molecule has 0 fully saturated rings. The van der Waals surface area contributed by atoms with Gasteiger partial charge in [0, 0.05) is 27.1 Å². The van der Waals surface area contributed by atoms with Crippen molar-refractivity contribution in [3.8, 4) is 11.4 Å². The van der Waals surface area contributed by atoms with E-state index in [0.717, 1.165) is 44.5 Å². The van der Waals surface area contributed by atoms with Crippen LogP contribution in [-0.2, 0) is 11.5 Å². The minimum atomic E-state index is -0.146. The molecule has 1 aliphatic heterocycles. The van der Waals surface area contributed by atoms with Crippen LogP contribution in [0.1, 0.15) is 21.6 Å². The van der Waals surface area contributed by atoms with Crippen molar-refractivity contribution in [1.82, 2.24) is 9.78 Å². The third kappa shape index (κ3) is 3.24. The standard InChI is InChI=1S/C19H16BrN3O2S/c1-25-15-8-6-14(7-9-15)23-18(16-10-26-11-17(16)22-23)21-19(24)12-2-4-13(20)5-3-12/h2-9H,10-11H2,1H3,(H,21,24). The van der Waals surface area contributed by atoms with E-state index in [0.29, 0.717) is 5.56 Å². The van der Waals surface area contributed by atoms with E-state index in [9.17, 15) is 4.79 Å². The first-order valence-corrected chi connectivity index (χ1v) is 10.0. The second-order valence-electron chi connectivity index (χ2n) is 5.84. The molecule has 1 N–H and O–H groups in total. The lowest BCUT2D eigenvalue weighted by molar-refractivity contribution is 0.102. The van der Waals surface area contributed by atoms with Crippen molar-refractivity contribution in [2.75, 3.05) is 12.4 Å². The van der Waals surface area contributed by atoms with Crippen molar-refractivity contribution in [3.05, 3.63) is 69.8 Å². The summed E-state index contributed by atoms with van der Waals surface area (Å²) in [6.07, 6.45) is 0. The summed E-state index contributed by atoms with van der Waals surface area (Å²) in [6, 6.07) is 14.9.